The van der Waals surface area contributed by atoms with Gasteiger partial charge in [0.2, 0.25) is 5.13 Å². The number of pyridine rings is 1. The van der Waals surface area contributed by atoms with Crippen LogP contribution in [-0.4, -0.2) is 20.2 Å². The summed E-state index contributed by atoms with van der Waals surface area (Å²) in [5.74, 6) is -3.32. The first-order valence-corrected chi connectivity index (χ1v) is 8.29. The van der Waals surface area contributed by atoms with Gasteiger partial charge in [-0.25, -0.2) is 4.39 Å². The van der Waals surface area contributed by atoms with Crippen molar-refractivity contribution in [1.82, 2.24) is 14.3 Å². The maximum Gasteiger partial charge on any atom is 0.434 e. The molecule has 152 valence electrons. The number of rotatable bonds is 3. The largest absolute Gasteiger partial charge is 0.434 e. The number of alkyl halides is 6. The van der Waals surface area contributed by atoms with Crippen molar-refractivity contribution in [3.63, 3.8) is 0 Å². The molecule has 0 unspecified atom stereocenters. The van der Waals surface area contributed by atoms with Crippen molar-refractivity contribution in [2.75, 3.05) is 5.32 Å². The standard InChI is InChI=1S/C16H7F7N4OS/c17-9-5-1-3-7(10(9)15(18,19)20)12-25-14(29-27-12)26-13(28)8-4-2-6-24-11(8)16(21,22)23/h1-6H,(H,25,26,27,28). The summed E-state index contributed by atoms with van der Waals surface area (Å²) in [5, 5.41) is 1.65. The van der Waals surface area contributed by atoms with E-state index >= 15 is 0 Å². The number of anilines is 1. The number of hydrogen-bond acceptors (Lipinski definition) is 5. The van der Waals surface area contributed by atoms with Crippen LogP contribution in [0.15, 0.2) is 36.5 Å². The third-order valence-electron chi connectivity index (χ3n) is 3.51. The molecule has 0 fully saturated rings. The van der Waals surface area contributed by atoms with Crippen LogP contribution in [-0.2, 0) is 12.4 Å². The molecule has 13 heteroatoms. The highest BCUT2D eigenvalue weighted by atomic mass is 32.1. The van der Waals surface area contributed by atoms with Gasteiger partial charge in [0.25, 0.3) is 5.91 Å². The lowest BCUT2D eigenvalue weighted by atomic mass is 10.1. The lowest BCUT2D eigenvalue weighted by molar-refractivity contribution is -0.141. The molecule has 0 saturated carbocycles. The zero-order valence-corrected chi connectivity index (χ0v) is 14.6. The topological polar surface area (TPSA) is 67.8 Å². The Morgan fingerprint density at radius 2 is 1.72 bits per heavy atom. The number of carbonyl (C=O) groups excluding carboxylic acids is 1. The summed E-state index contributed by atoms with van der Waals surface area (Å²) < 4.78 is 95.5. The fraction of sp³-hybridized carbons (Fsp3) is 0.125. The summed E-state index contributed by atoms with van der Waals surface area (Å²) in [4.78, 5) is 18.9. The highest BCUT2D eigenvalue weighted by Crippen LogP contribution is 2.38. The molecule has 1 aromatic carbocycles. The molecule has 0 atom stereocenters. The maximum atomic E-state index is 13.7. The Balaban J connectivity index is 1.92. The molecule has 0 aliphatic heterocycles. The molecule has 29 heavy (non-hydrogen) atoms. The number of carbonyl (C=O) groups is 1. The lowest BCUT2D eigenvalue weighted by Gasteiger charge is -2.11. The minimum Gasteiger partial charge on any atom is -0.297 e. The second kappa shape index (κ2) is 7.39. The first-order chi connectivity index (χ1) is 13.5. The molecule has 2 aromatic heterocycles. The number of aromatic nitrogens is 3. The average molecular weight is 436 g/mol. The van der Waals surface area contributed by atoms with Gasteiger partial charge >= 0.3 is 12.4 Å². The van der Waals surface area contributed by atoms with E-state index in [2.05, 4.69) is 14.3 Å². The van der Waals surface area contributed by atoms with Crippen LogP contribution in [0.1, 0.15) is 21.6 Å². The third-order valence-corrected chi connectivity index (χ3v) is 4.14. The van der Waals surface area contributed by atoms with Gasteiger partial charge in [-0.3, -0.25) is 15.1 Å². The molecule has 3 aromatic rings. The van der Waals surface area contributed by atoms with E-state index in [-0.39, 0.29) is 5.13 Å². The van der Waals surface area contributed by atoms with E-state index in [1.54, 1.807) is 0 Å². The van der Waals surface area contributed by atoms with Crippen molar-refractivity contribution in [1.29, 1.82) is 0 Å². The molecule has 0 saturated heterocycles. The van der Waals surface area contributed by atoms with Gasteiger partial charge in [0.15, 0.2) is 11.5 Å². The Morgan fingerprint density at radius 1 is 1.00 bits per heavy atom. The molecule has 0 bridgehead atoms. The van der Waals surface area contributed by atoms with Gasteiger partial charge in [0, 0.05) is 23.3 Å². The van der Waals surface area contributed by atoms with Crippen LogP contribution in [0.2, 0.25) is 0 Å². The van der Waals surface area contributed by atoms with Gasteiger partial charge in [-0.05, 0) is 18.2 Å². The molecular formula is C16H7F7N4OS. The maximum absolute atomic E-state index is 13.7. The SMILES string of the molecule is O=C(Nc1nc(-c2cccc(F)c2C(F)(F)F)ns1)c1cccnc1C(F)(F)F. The van der Waals surface area contributed by atoms with Crippen LogP contribution in [0, 0.1) is 5.82 Å². The Hall–Kier alpha value is -3.09. The van der Waals surface area contributed by atoms with Crippen LogP contribution in [0.5, 0.6) is 0 Å². The Bertz CT molecular complexity index is 1060. The number of nitrogens with zero attached hydrogens (tertiary/aromatic N) is 3. The van der Waals surface area contributed by atoms with Crippen LogP contribution in [0.25, 0.3) is 11.4 Å². The molecule has 0 aliphatic carbocycles. The van der Waals surface area contributed by atoms with E-state index in [9.17, 15) is 35.5 Å². The van der Waals surface area contributed by atoms with Crippen LogP contribution < -0.4 is 5.32 Å². The number of hydrogen-bond donors (Lipinski definition) is 1. The Morgan fingerprint density at radius 3 is 2.38 bits per heavy atom. The number of benzene rings is 1. The fourth-order valence-electron chi connectivity index (χ4n) is 2.36. The van der Waals surface area contributed by atoms with E-state index in [4.69, 9.17) is 0 Å². The summed E-state index contributed by atoms with van der Waals surface area (Å²) in [7, 11) is 0. The summed E-state index contributed by atoms with van der Waals surface area (Å²) in [6.45, 7) is 0. The smallest absolute Gasteiger partial charge is 0.297 e. The van der Waals surface area contributed by atoms with E-state index in [1.807, 2.05) is 5.32 Å². The summed E-state index contributed by atoms with van der Waals surface area (Å²) in [6, 6.07) is 4.55. The molecule has 3 rings (SSSR count). The van der Waals surface area contributed by atoms with Crippen molar-refractivity contribution in [3.05, 3.63) is 59.2 Å². The molecule has 1 amide bonds. The van der Waals surface area contributed by atoms with Crippen molar-refractivity contribution < 1.29 is 35.5 Å². The van der Waals surface area contributed by atoms with Gasteiger partial charge < -0.3 is 0 Å². The van der Waals surface area contributed by atoms with Crippen molar-refractivity contribution in [2.45, 2.75) is 12.4 Å². The van der Waals surface area contributed by atoms with Gasteiger partial charge in [-0.15, -0.1) is 0 Å². The monoisotopic (exact) mass is 436 g/mol. The van der Waals surface area contributed by atoms with Crippen LogP contribution in [0.3, 0.4) is 0 Å². The predicted octanol–water partition coefficient (Wildman–Crippen LogP) is 5.03. The molecule has 0 aliphatic rings. The van der Waals surface area contributed by atoms with Gasteiger partial charge in [0.1, 0.15) is 11.4 Å². The molecule has 1 N–H and O–H groups in total. The number of amides is 1. The molecule has 0 spiro atoms. The van der Waals surface area contributed by atoms with Crippen molar-refractivity contribution in [2.24, 2.45) is 0 Å². The first kappa shape index (κ1) is 20.6. The van der Waals surface area contributed by atoms with E-state index in [0.29, 0.717) is 17.6 Å². The van der Waals surface area contributed by atoms with Crippen LogP contribution >= 0.6 is 11.5 Å². The molecule has 0 radical (unpaired) electrons. The van der Waals surface area contributed by atoms with Crippen molar-refractivity contribution in [3.8, 4) is 11.4 Å². The fourth-order valence-corrected chi connectivity index (χ4v) is 2.94. The Labute approximate surface area is 161 Å². The van der Waals surface area contributed by atoms with Gasteiger partial charge in [-0.2, -0.15) is 35.7 Å². The van der Waals surface area contributed by atoms with Crippen molar-refractivity contribution >= 4 is 22.6 Å². The van der Waals surface area contributed by atoms with Gasteiger partial charge in [0.05, 0.1) is 5.56 Å². The first-order valence-electron chi connectivity index (χ1n) is 7.52. The highest BCUT2D eigenvalue weighted by molar-refractivity contribution is 7.10. The minimum absolute atomic E-state index is 0.376. The minimum atomic E-state index is -5.04. The number of halogens is 7. The van der Waals surface area contributed by atoms with E-state index in [1.165, 1.54) is 0 Å². The quantitative estimate of drug-likeness (QED) is 0.585. The molecule has 2 heterocycles. The number of nitrogens with one attached hydrogen (secondary N) is 1. The van der Waals surface area contributed by atoms with Gasteiger partial charge in [-0.1, -0.05) is 12.1 Å². The Kier molecular flexibility index (Phi) is 5.26. The second-order valence-electron chi connectivity index (χ2n) is 5.43. The predicted molar refractivity (Wildman–Crippen MR) is 87.5 cm³/mol. The highest BCUT2D eigenvalue weighted by Gasteiger charge is 2.39. The summed E-state index contributed by atoms with van der Waals surface area (Å²) in [6.07, 6.45) is -9.08. The third kappa shape index (κ3) is 4.34. The zero-order valence-electron chi connectivity index (χ0n) is 13.8. The van der Waals surface area contributed by atoms with Crippen LogP contribution in [0.4, 0.5) is 35.9 Å². The van der Waals surface area contributed by atoms with E-state index in [0.717, 1.165) is 30.5 Å². The zero-order chi connectivity index (χ0) is 21.4. The van der Waals surface area contributed by atoms with E-state index < -0.39 is 52.3 Å². The summed E-state index contributed by atoms with van der Waals surface area (Å²) in [5.41, 5.74) is -4.51. The lowest BCUT2D eigenvalue weighted by Crippen LogP contribution is -2.20. The summed E-state index contributed by atoms with van der Waals surface area (Å²) >= 11 is 0.421. The molecular weight excluding hydrogens is 429 g/mol. The molecule has 5 nitrogen and oxygen atoms in total. The average Bonchev–Trinajstić information content (AvgIpc) is 3.08. The normalized spacial score (nSPS) is 12.1. The second-order valence-corrected chi connectivity index (χ2v) is 6.19.